The summed E-state index contributed by atoms with van der Waals surface area (Å²) in [6.07, 6.45) is 2.10. The quantitative estimate of drug-likeness (QED) is 0.303. The molecule has 5 atom stereocenters. The van der Waals surface area contributed by atoms with Crippen LogP contribution in [0.3, 0.4) is 0 Å². The molecule has 16 heavy (non-hydrogen) atoms. The minimum Gasteiger partial charge on any atom is -0.373 e. The van der Waals surface area contributed by atoms with Crippen LogP contribution in [0.5, 0.6) is 0 Å². The average molecular weight is 262 g/mol. The predicted octanol–water partition coefficient (Wildman–Crippen LogP) is 1.69. The van der Waals surface area contributed by atoms with Crippen LogP contribution in [0, 0.1) is 17.8 Å². The van der Waals surface area contributed by atoms with E-state index in [1.807, 2.05) is 0 Å². The Hall–Kier alpha value is 0.435. The van der Waals surface area contributed by atoms with Crippen LogP contribution < -0.4 is 0 Å². The van der Waals surface area contributed by atoms with E-state index in [1.165, 1.54) is 0 Å². The molecule has 0 aromatic rings. The molecule has 1 radical (unpaired) electrons. The van der Waals surface area contributed by atoms with Crippen molar-refractivity contribution in [2.45, 2.75) is 25.9 Å². The number of Topliss-reactive ketones (excluding diaryl/α,β-unsaturated/α-hetero) is 1. The highest BCUT2D eigenvalue weighted by atomic mass is 32.7. The predicted molar refractivity (Wildman–Crippen MR) is 69.1 cm³/mol. The van der Waals surface area contributed by atoms with Gasteiger partial charge in [0.1, 0.15) is 13.3 Å². The van der Waals surface area contributed by atoms with Gasteiger partial charge in [-0.05, 0) is 32.9 Å². The molecule has 0 N–H and O–H groups in total. The lowest BCUT2D eigenvalue weighted by atomic mass is 9.94. The summed E-state index contributed by atoms with van der Waals surface area (Å²) in [6.45, 7) is 3.03. The number of carbonyl (C=O) groups is 1. The van der Waals surface area contributed by atoms with E-state index in [4.69, 9.17) is 11.5 Å². The molecule has 89 valence electrons. The van der Waals surface area contributed by atoms with Crippen LogP contribution in [0.25, 0.3) is 0 Å². The Morgan fingerprint density at radius 3 is 3.31 bits per heavy atom. The highest BCUT2D eigenvalue weighted by Gasteiger charge is 2.45. The van der Waals surface area contributed by atoms with Gasteiger partial charge in [-0.2, -0.15) is 0 Å². The molecule has 2 unspecified atom stereocenters. The van der Waals surface area contributed by atoms with Gasteiger partial charge in [-0.25, -0.2) is 0 Å². The van der Waals surface area contributed by atoms with Gasteiger partial charge in [0.15, 0.2) is 0 Å². The van der Waals surface area contributed by atoms with Crippen LogP contribution in [0.15, 0.2) is 0 Å². The Labute approximate surface area is 106 Å². The highest BCUT2D eigenvalue weighted by molar-refractivity contribution is 8.53. The first-order valence-corrected chi connectivity index (χ1v) is 7.84. The van der Waals surface area contributed by atoms with Crippen molar-refractivity contribution in [2.75, 3.05) is 13.2 Å². The highest BCUT2D eigenvalue weighted by Crippen LogP contribution is 2.44. The van der Waals surface area contributed by atoms with Crippen LogP contribution in [0.2, 0.25) is 0 Å². The average Bonchev–Trinajstić information content (AvgIpc) is 3.10. The van der Waals surface area contributed by atoms with Crippen LogP contribution in [0.4, 0.5) is 0 Å². The molecule has 1 aliphatic carbocycles. The zero-order valence-electron chi connectivity index (χ0n) is 11.3. The fourth-order valence-corrected chi connectivity index (χ4v) is 3.25. The van der Waals surface area contributed by atoms with Gasteiger partial charge in [0.05, 0.1) is 20.6 Å². The van der Waals surface area contributed by atoms with Crippen LogP contribution in [-0.4, -0.2) is 35.2 Å². The lowest BCUT2D eigenvalue weighted by Gasteiger charge is -2.16. The molecule has 2 fully saturated rings. The normalized spacial score (nSPS) is 41.1. The third-order valence-corrected chi connectivity index (χ3v) is 4.44. The number of rotatable bonds is 7. The number of carbonyl (C=O) groups excluding carboxylic acids is 1. The molecule has 1 heterocycles. The van der Waals surface area contributed by atoms with E-state index in [9.17, 15) is 4.79 Å². The smallest absolute Gasteiger partial charge is 0.137 e. The number of hydrogen-bond donors (Lipinski definition) is 0. The molecule has 1 aliphatic heterocycles. The monoisotopic (exact) mass is 262 g/mol. The minimum absolute atomic E-state index is 0.151. The van der Waals surface area contributed by atoms with Crippen molar-refractivity contribution in [3.8, 4) is 0 Å². The van der Waals surface area contributed by atoms with Gasteiger partial charge in [0, 0.05) is 17.6 Å². The summed E-state index contributed by atoms with van der Waals surface area (Å²) in [4.78, 5) is 11.5. The summed E-state index contributed by atoms with van der Waals surface area (Å²) in [5.41, 5.74) is 0. The molecule has 2 rings (SSSR count). The van der Waals surface area contributed by atoms with E-state index in [1.54, 1.807) is 6.92 Å². The Balaban J connectivity index is 1.79. The number of hydrogen-bond acceptors (Lipinski definition) is 4. The van der Waals surface area contributed by atoms with Crippen LogP contribution in [0.1, 0.15) is 19.8 Å². The van der Waals surface area contributed by atoms with E-state index in [2.05, 4.69) is 0 Å². The summed E-state index contributed by atoms with van der Waals surface area (Å²) in [6, 6.07) is 0. The molecule has 3 nitrogen and oxygen atoms in total. The van der Waals surface area contributed by atoms with E-state index in [0.717, 1.165) is 38.6 Å². The van der Waals surface area contributed by atoms with Crippen molar-refractivity contribution in [1.29, 1.82) is 2.61 Å². The maximum absolute atomic E-state index is 11.5. The lowest BCUT2D eigenvalue weighted by molar-refractivity contribution is -0.120. The summed E-state index contributed by atoms with van der Waals surface area (Å²) in [5, 5.41) is 0. The van der Waals surface area contributed by atoms with Crippen molar-refractivity contribution in [3.05, 3.63) is 0 Å². The zero-order valence-corrected chi connectivity index (χ0v) is 11.0. The van der Waals surface area contributed by atoms with E-state index < -0.39 is 7.61 Å². The summed E-state index contributed by atoms with van der Waals surface area (Å²) in [5.74, 6) is 1.19. The maximum atomic E-state index is 11.5. The molecular weight excluding hydrogens is 242 g/mol. The Morgan fingerprint density at radius 1 is 1.88 bits per heavy atom. The Morgan fingerprint density at radius 2 is 2.69 bits per heavy atom. The zero-order chi connectivity index (χ0) is 13.1. The second-order valence-electron chi connectivity index (χ2n) is 4.54. The number of ether oxygens (including phenoxy) is 1. The van der Waals surface area contributed by atoms with Gasteiger partial charge in [0.2, 0.25) is 0 Å². The van der Waals surface area contributed by atoms with Gasteiger partial charge < -0.3 is 8.92 Å². The van der Waals surface area contributed by atoms with Gasteiger partial charge >= 0.3 is 0 Å². The molecule has 0 amide bonds. The molecule has 1 saturated heterocycles. The SMILES string of the molecule is [2H]P([B][3H])SOC[C@@H]1C[C@H](C(C)=O)C[C@H]1C1CO1. The van der Waals surface area contributed by atoms with Crippen molar-refractivity contribution >= 4 is 32.6 Å². The Kier molecular flexibility index (Phi) is 3.79. The van der Waals surface area contributed by atoms with Crippen molar-refractivity contribution in [2.24, 2.45) is 17.8 Å². The van der Waals surface area contributed by atoms with Crippen LogP contribution >= 0.6 is 19.3 Å². The molecule has 0 bridgehead atoms. The number of ketones is 1. The molecule has 2 aliphatic rings. The molecule has 0 aromatic carbocycles. The lowest BCUT2D eigenvalue weighted by Crippen LogP contribution is -2.17. The largest absolute Gasteiger partial charge is 0.373 e. The first-order chi connectivity index (χ1) is 8.61. The van der Waals surface area contributed by atoms with Crippen LogP contribution in [-0.2, 0) is 13.7 Å². The third kappa shape index (κ3) is 3.22. The van der Waals surface area contributed by atoms with Crippen molar-refractivity contribution in [1.82, 2.24) is 0 Å². The molecular formula is C10H17BO3PS. The second-order valence-corrected chi connectivity index (χ2v) is 6.21. The number of epoxide rings is 1. The first kappa shape index (κ1) is 10.4. The standard InChI is InChI=1S/C10H17BO3PS/c1-6(12)7-2-8(4-14-16-15-11)9(3-7)10-5-13-10/h7-11,15H,2-5H2,1H3/t7-,8-,9+,10?,15?/m0/s1/i11T,15D. The van der Waals surface area contributed by atoms with Gasteiger partial charge in [-0.1, -0.05) is 7.61 Å². The Bertz CT molecular complexity index is 309. The third-order valence-electron chi connectivity index (χ3n) is 3.54. The maximum Gasteiger partial charge on any atom is 0.137 e. The summed E-state index contributed by atoms with van der Waals surface area (Å²) < 4.78 is 25.2. The summed E-state index contributed by atoms with van der Waals surface area (Å²) in [7, 11) is -0.143. The van der Waals surface area contributed by atoms with Crippen molar-refractivity contribution in [3.63, 3.8) is 0 Å². The molecule has 6 heteroatoms. The van der Waals surface area contributed by atoms with E-state index in [-0.39, 0.29) is 11.7 Å². The van der Waals surface area contributed by atoms with Gasteiger partial charge in [-0.3, -0.25) is 4.79 Å². The molecule has 0 aromatic heterocycles. The van der Waals surface area contributed by atoms with E-state index >= 15 is 0 Å². The van der Waals surface area contributed by atoms with Gasteiger partial charge in [-0.15, -0.1) is 0 Å². The van der Waals surface area contributed by atoms with E-state index in [0.29, 0.717) is 24.5 Å². The fraction of sp³-hybridized carbons (Fsp3) is 0.900. The second kappa shape index (κ2) is 5.86. The first-order valence-electron chi connectivity index (χ1n) is 6.55. The fourth-order valence-electron chi connectivity index (χ4n) is 2.59. The topological polar surface area (TPSA) is 38.8 Å². The van der Waals surface area contributed by atoms with Gasteiger partial charge in [0.25, 0.3) is 0 Å². The molecule has 0 spiro atoms. The molecule has 1 saturated carbocycles. The minimum atomic E-state index is -1.25. The summed E-state index contributed by atoms with van der Waals surface area (Å²) >= 11 is 1.07. The van der Waals surface area contributed by atoms with Crippen molar-refractivity contribution < 1.29 is 13.7 Å².